The van der Waals surface area contributed by atoms with Gasteiger partial charge in [-0.05, 0) is 55.0 Å². The minimum Gasteiger partial charge on any atom is -0.496 e. The number of benzene rings is 3. The van der Waals surface area contributed by atoms with Crippen LogP contribution in [0.25, 0.3) is 0 Å². The van der Waals surface area contributed by atoms with Crippen molar-refractivity contribution in [3.63, 3.8) is 0 Å². The number of likely N-dealkylation sites (tertiary alicyclic amines) is 1. The van der Waals surface area contributed by atoms with E-state index < -0.39 is 6.10 Å². The predicted octanol–water partition coefficient (Wildman–Crippen LogP) is 5.73. The summed E-state index contributed by atoms with van der Waals surface area (Å²) in [7, 11) is 1.73. The molecule has 3 aromatic rings. The molecule has 4 rings (SSSR count). The van der Waals surface area contributed by atoms with E-state index in [1.807, 2.05) is 18.2 Å². The van der Waals surface area contributed by atoms with Crippen molar-refractivity contribution in [2.75, 3.05) is 20.2 Å². The normalized spacial score (nSPS) is 23.4. The van der Waals surface area contributed by atoms with Crippen LogP contribution in [0.5, 0.6) is 5.75 Å². The highest BCUT2D eigenvalue weighted by molar-refractivity contribution is 5.34. The molecule has 0 aliphatic carbocycles. The smallest absolute Gasteiger partial charge is 0.135 e. The standard InChI is InChI=1S/C29H36FN2O2/c1-34-28-14-6-5-11-24(28)21-25-12-7-19-32(31,29(25)23-9-3-2-4-10-23)20-8-13-27(33)22-15-17-26(30)18-16-22/h2-6,9-11,14-18,25,27,29,33H,7-8,12-13,19-21,31H2,1H3/q+1/t25-,27?,29+,32?/m0/s1. The summed E-state index contributed by atoms with van der Waals surface area (Å²) in [4.78, 5) is 0. The Morgan fingerprint density at radius 3 is 2.47 bits per heavy atom. The van der Waals surface area contributed by atoms with E-state index in [0.717, 1.165) is 50.1 Å². The van der Waals surface area contributed by atoms with Crippen molar-refractivity contribution in [1.82, 2.24) is 0 Å². The van der Waals surface area contributed by atoms with E-state index in [2.05, 4.69) is 36.4 Å². The average Bonchev–Trinajstić information content (AvgIpc) is 2.85. The largest absolute Gasteiger partial charge is 0.496 e. The lowest BCUT2D eigenvalue weighted by Gasteiger charge is -2.47. The molecule has 1 heterocycles. The molecule has 34 heavy (non-hydrogen) atoms. The summed E-state index contributed by atoms with van der Waals surface area (Å²) < 4.78 is 19.3. The van der Waals surface area contributed by atoms with E-state index in [0.29, 0.717) is 16.9 Å². The molecular weight excluding hydrogens is 427 g/mol. The minimum absolute atomic E-state index is 0.169. The van der Waals surface area contributed by atoms with E-state index in [9.17, 15) is 9.50 Å². The SMILES string of the molecule is COc1ccccc1C[C@@H]1CCC[N+](N)(CCCC(O)c2ccc(F)cc2)[C@@H]1c1ccccc1. The Bertz CT molecular complexity index is 1040. The maximum atomic E-state index is 13.2. The van der Waals surface area contributed by atoms with Crippen molar-refractivity contribution in [3.05, 3.63) is 101 Å². The Morgan fingerprint density at radius 1 is 1.03 bits per heavy atom. The van der Waals surface area contributed by atoms with E-state index in [4.69, 9.17) is 10.6 Å². The van der Waals surface area contributed by atoms with Gasteiger partial charge in [0.05, 0.1) is 26.3 Å². The fraction of sp³-hybridized carbons (Fsp3) is 0.379. The number of nitrogens with two attached hydrogens (primary N) is 1. The molecule has 0 amide bonds. The maximum absolute atomic E-state index is 13.2. The van der Waals surface area contributed by atoms with Gasteiger partial charge in [0.15, 0.2) is 0 Å². The third-order valence-electron chi connectivity index (χ3n) is 7.27. The lowest BCUT2D eigenvalue weighted by Crippen LogP contribution is -2.61. The van der Waals surface area contributed by atoms with Gasteiger partial charge in [-0.3, -0.25) is 0 Å². The zero-order valence-corrected chi connectivity index (χ0v) is 19.9. The van der Waals surface area contributed by atoms with E-state index in [-0.39, 0.29) is 11.9 Å². The number of quaternary nitrogens is 1. The lowest BCUT2D eigenvalue weighted by atomic mass is 9.79. The molecule has 1 fully saturated rings. The number of methoxy groups -OCH3 is 1. The summed E-state index contributed by atoms with van der Waals surface area (Å²) in [5.74, 6) is 8.20. The molecule has 0 saturated carbocycles. The highest BCUT2D eigenvalue weighted by Gasteiger charge is 2.44. The quantitative estimate of drug-likeness (QED) is 0.315. The summed E-state index contributed by atoms with van der Waals surface area (Å²) in [6, 6.07) is 25.1. The third-order valence-corrected chi connectivity index (χ3v) is 7.27. The lowest BCUT2D eigenvalue weighted by molar-refractivity contribution is -0.977. The molecule has 0 bridgehead atoms. The van der Waals surface area contributed by atoms with Crippen molar-refractivity contribution >= 4 is 0 Å². The molecule has 1 aliphatic rings. The number of rotatable bonds is 9. The summed E-state index contributed by atoms with van der Waals surface area (Å²) in [6.45, 7) is 1.69. The molecule has 3 N–H and O–H groups in total. The Hall–Kier alpha value is -2.73. The molecule has 5 heteroatoms. The molecule has 4 atom stereocenters. The number of hydrogen-bond acceptors (Lipinski definition) is 3. The monoisotopic (exact) mass is 463 g/mol. The number of para-hydroxylation sites is 1. The van der Waals surface area contributed by atoms with Gasteiger partial charge in [0, 0.05) is 17.9 Å². The second-order valence-corrected chi connectivity index (χ2v) is 9.53. The average molecular weight is 464 g/mol. The van der Waals surface area contributed by atoms with Gasteiger partial charge in [-0.1, -0.05) is 60.7 Å². The molecule has 1 saturated heterocycles. The van der Waals surface area contributed by atoms with Crippen molar-refractivity contribution in [1.29, 1.82) is 0 Å². The number of halogens is 1. The molecule has 1 aliphatic heterocycles. The first-order chi connectivity index (χ1) is 16.5. The minimum atomic E-state index is -0.614. The van der Waals surface area contributed by atoms with Gasteiger partial charge in [0.1, 0.15) is 17.6 Å². The second kappa shape index (κ2) is 11.1. The van der Waals surface area contributed by atoms with Gasteiger partial charge < -0.3 is 9.84 Å². The fourth-order valence-electron chi connectivity index (χ4n) is 5.63. The Morgan fingerprint density at radius 2 is 1.74 bits per heavy atom. The predicted molar refractivity (Wildman–Crippen MR) is 133 cm³/mol. The first-order valence-electron chi connectivity index (χ1n) is 12.3. The molecule has 2 unspecified atom stereocenters. The number of aliphatic hydroxyl groups is 1. The maximum Gasteiger partial charge on any atom is 0.135 e. The van der Waals surface area contributed by atoms with Crippen LogP contribution in [-0.4, -0.2) is 29.9 Å². The Labute approximate surface area is 202 Å². The molecule has 0 spiro atoms. The molecule has 4 nitrogen and oxygen atoms in total. The molecule has 0 aromatic heterocycles. The van der Waals surface area contributed by atoms with Crippen molar-refractivity contribution in [3.8, 4) is 5.75 Å². The highest BCUT2D eigenvalue weighted by Crippen LogP contribution is 2.42. The van der Waals surface area contributed by atoms with Crippen LogP contribution in [0.4, 0.5) is 4.39 Å². The Kier molecular flexibility index (Phi) is 7.99. The van der Waals surface area contributed by atoms with E-state index in [1.165, 1.54) is 23.3 Å². The van der Waals surface area contributed by atoms with E-state index >= 15 is 0 Å². The van der Waals surface area contributed by atoms with E-state index in [1.54, 1.807) is 19.2 Å². The van der Waals surface area contributed by atoms with Crippen LogP contribution in [-0.2, 0) is 6.42 Å². The molecule has 0 radical (unpaired) electrons. The van der Waals surface area contributed by atoms with Crippen LogP contribution >= 0.6 is 0 Å². The number of aliphatic hydroxyl groups excluding tert-OH is 1. The first-order valence-corrected chi connectivity index (χ1v) is 12.3. The van der Waals surface area contributed by atoms with Gasteiger partial charge in [0.25, 0.3) is 0 Å². The van der Waals surface area contributed by atoms with Gasteiger partial charge >= 0.3 is 0 Å². The third kappa shape index (κ3) is 5.66. The second-order valence-electron chi connectivity index (χ2n) is 9.53. The zero-order valence-electron chi connectivity index (χ0n) is 19.9. The molecular formula is C29H36FN2O2+. The molecule has 3 aromatic carbocycles. The summed E-state index contributed by atoms with van der Waals surface area (Å²) >= 11 is 0. The van der Waals surface area contributed by atoms with Crippen LogP contribution in [0.3, 0.4) is 0 Å². The number of piperidine rings is 1. The number of hydrogen-bond donors (Lipinski definition) is 2. The zero-order chi connectivity index (χ0) is 24.0. The fourth-order valence-corrected chi connectivity index (χ4v) is 5.63. The molecule has 180 valence electrons. The van der Waals surface area contributed by atoms with Crippen molar-refractivity contribution < 1.29 is 18.8 Å². The van der Waals surface area contributed by atoms with Gasteiger partial charge in [-0.2, -0.15) is 5.84 Å². The summed E-state index contributed by atoms with van der Waals surface area (Å²) in [5, 5.41) is 10.6. The van der Waals surface area contributed by atoms with Crippen LogP contribution in [0.1, 0.15) is 54.5 Å². The van der Waals surface area contributed by atoms with Gasteiger partial charge in [0.2, 0.25) is 0 Å². The van der Waals surface area contributed by atoms with Crippen LogP contribution < -0.4 is 10.6 Å². The highest BCUT2D eigenvalue weighted by atomic mass is 19.1. The summed E-state index contributed by atoms with van der Waals surface area (Å²) in [5.41, 5.74) is 3.23. The first kappa shape index (κ1) is 24.4. The van der Waals surface area contributed by atoms with Crippen molar-refractivity contribution in [2.45, 2.75) is 44.2 Å². The van der Waals surface area contributed by atoms with Crippen LogP contribution in [0.15, 0.2) is 78.9 Å². The van der Waals surface area contributed by atoms with Crippen LogP contribution in [0, 0.1) is 11.7 Å². The number of nitrogens with zero attached hydrogens (tertiary/aromatic N) is 1. The topological polar surface area (TPSA) is 55.5 Å². The number of ether oxygens (including phenoxy) is 1. The van der Waals surface area contributed by atoms with Crippen molar-refractivity contribution in [2.24, 2.45) is 11.8 Å². The van der Waals surface area contributed by atoms with Crippen LogP contribution in [0.2, 0.25) is 0 Å². The Balaban J connectivity index is 1.52. The van der Waals surface area contributed by atoms with Gasteiger partial charge in [-0.15, -0.1) is 0 Å². The summed E-state index contributed by atoms with van der Waals surface area (Å²) in [6.07, 6.45) is 3.88. The van der Waals surface area contributed by atoms with Gasteiger partial charge in [-0.25, -0.2) is 8.98 Å².